The highest BCUT2D eigenvalue weighted by Crippen LogP contribution is 2.32. The number of carbonyl (C=O) groups excluding carboxylic acids is 2. The molecule has 2 amide bonds. The molecule has 39 heavy (non-hydrogen) atoms. The van der Waals surface area contributed by atoms with E-state index in [4.69, 9.17) is 32.7 Å². The highest BCUT2D eigenvalue weighted by molar-refractivity contribution is 6.36. The molecule has 2 atom stereocenters. The van der Waals surface area contributed by atoms with Gasteiger partial charge in [-0.2, -0.15) is 0 Å². The summed E-state index contributed by atoms with van der Waals surface area (Å²) in [6, 6.07) is 19.9. The second-order valence-electron chi connectivity index (χ2n) is 9.72. The molecule has 0 aliphatic carbocycles. The van der Waals surface area contributed by atoms with E-state index in [0.717, 1.165) is 17.5 Å². The molecular formula is C31H34Cl2N2O4. The topological polar surface area (TPSA) is 67.9 Å². The maximum absolute atomic E-state index is 13.9. The fourth-order valence-corrected chi connectivity index (χ4v) is 5.00. The number of benzene rings is 3. The van der Waals surface area contributed by atoms with E-state index in [9.17, 15) is 9.59 Å². The fourth-order valence-electron chi connectivity index (χ4n) is 4.49. The zero-order chi connectivity index (χ0) is 27.8. The first-order chi connectivity index (χ1) is 18.9. The third kappa shape index (κ3) is 7.68. The summed E-state index contributed by atoms with van der Waals surface area (Å²) >= 11 is 13.0. The van der Waals surface area contributed by atoms with Crippen LogP contribution in [-0.2, 0) is 29.0 Å². The molecular weight excluding hydrogens is 535 g/mol. The Balaban J connectivity index is 1.63. The first kappa shape index (κ1) is 28.8. The number of amides is 2. The van der Waals surface area contributed by atoms with Gasteiger partial charge in [0.15, 0.2) is 11.5 Å². The maximum atomic E-state index is 13.9. The van der Waals surface area contributed by atoms with Gasteiger partial charge in [0.1, 0.15) is 19.3 Å². The molecule has 0 spiro atoms. The average Bonchev–Trinajstić information content (AvgIpc) is 2.95. The third-order valence-electron chi connectivity index (χ3n) is 6.90. The van der Waals surface area contributed by atoms with E-state index in [2.05, 4.69) is 5.32 Å². The van der Waals surface area contributed by atoms with Gasteiger partial charge in [-0.05, 0) is 55.2 Å². The third-order valence-corrected chi connectivity index (χ3v) is 7.60. The number of hydrogen-bond acceptors (Lipinski definition) is 4. The number of rotatable bonds is 11. The maximum Gasteiger partial charge on any atom is 0.243 e. The second-order valence-corrected chi connectivity index (χ2v) is 10.5. The van der Waals surface area contributed by atoms with Crippen molar-refractivity contribution in [2.24, 2.45) is 0 Å². The summed E-state index contributed by atoms with van der Waals surface area (Å²) in [5, 5.41) is 3.98. The summed E-state index contributed by atoms with van der Waals surface area (Å²) in [5.41, 5.74) is 2.52. The molecule has 3 aromatic rings. The molecule has 1 aliphatic rings. The van der Waals surface area contributed by atoms with Crippen LogP contribution in [-0.4, -0.2) is 42.0 Å². The molecule has 0 saturated carbocycles. The number of fused-ring (bicyclic) bond motifs is 1. The standard InChI is InChI=1S/C31H34Cl2N2O4/c1-3-21(2)34-31(37)27(18-22-8-5-4-6-9-22)35(20-24-25(32)10-7-11-26(24)33)30(36)15-13-23-12-14-28-29(19-23)39-17-16-38-28/h4-12,14,19,21,27H,3,13,15-18,20H2,1-2H3,(H,34,37)/t21-,27-/m1/s1. The van der Waals surface area contributed by atoms with Crippen molar-refractivity contribution in [3.8, 4) is 11.5 Å². The molecule has 1 N–H and O–H groups in total. The van der Waals surface area contributed by atoms with E-state index in [1.807, 2.05) is 62.4 Å². The molecule has 0 saturated heterocycles. The van der Waals surface area contributed by atoms with Gasteiger partial charge < -0.3 is 19.7 Å². The Hall–Kier alpha value is -3.22. The summed E-state index contributed by atoms with van der Waals surface area (Å²) in [5.74, 6) is 1.02. The number of carbonyl (C=O) groups is 2. The van der Waals surface area contributed by atoms with Crippen molar-refractivity contribution in [3.05, 3.63) is 93.5 Å². The van der Waals surface area contributed by atoms with Gasteiger partial charge in [-0.1, -0.05) is 72.6 Å². The van der Waals surface area contributed by atoms with Crippen LogP contribution in [0.1, 0.15) is 43.4 Å². The molecule has 1 aliphatic heterocycles. The molecule has 8 heteroatoms. The number of nitrogens with zero attached hydrogens (tertiary/aromatic N) is 1. The molecule has 0 fully saturated rings. The minimum absolute atomic E-state index is 0.0330. The van der Waals surface area contributed by atoms with Crippen LogP contribution in [0.2, 0.25) is 10.0 Å². The number of nitrogens with one attached hydrogen (secondary N) is 1. The normalized spacial score (nSPS) is 13.8. The van der Waals surface area contributed by atoms with Crippen LogP contribution >= 0.6 is 23.2 Å². The Morgan fingerprint density at radius 2 is 1.62 bits per heavy atom. The molecule has 6 nitrogen and oxygen atoms in total. The van der Waals surface area contributed by atoms with Crippen molar-refractivity contribution in [2.45, 2.75) is 58.2 Å². The van der Waals surface area contributed by atoms with Gasteiger partial charge in [0, 0.05) is 41.0 Å². The van der Waals surface area contributed by atoms with Gasteiger partial charge in [-0.3, -0.25) is 9.59 Å². The number of aryl methyl sites for hydroxylation is 1. The highest BCUT2D eigenvalue weighted by atomic mass is 35.5. The van der Waals surface area contributed by atoms with Crippen molar-refractivity contribution in [1.82, 2.24) is 10.2 Å². The van der Waals surface area contributed by atoms with E-state index >= 15 is 0 Å². The van der Waals surface area contributed by atoms with Crippen molar-refractivity contribution >= 4 is 35.0 Å². The van der Waals surface area contributed by atoms with Gasteiger partial charge in [0.05, 0.1) is 0 Å². The van der Waals surface area contributed by atoms with E-state index in [1.54, 1.807) is 23.1 Å². The molecule has 206 valence electrons. The molecule has 0 radical (unpaired) electrons. The average molecular weight is 570 g/mol. The SMILES string of the molecule is CC[C@@H](C)NC(=O)[C@@H](Cc1ccccc1)N(Cc1c(Cl)cccc1Cl)C(=O)CCc1ccc2c(c1)OCCO2. The van der Waals surface area contributed by atoms with E-state index in [-0.39, 0.29) is 30.8 Å². The summed E-state index contributed by atoms with van der Waals surface area (Å²) in [6.07, 6.45) is 1.82. The van der Waals surface area contributed by atoms with Crippen LogP contribution in [0.25, 0.3) is 0 Å². The Labute approximate surface area is 240 Å². The minimum atomic E-state index is -0.749. The molecule has 1 heterocycles. The second kappa shape index (κ2) is 13.7. The van der Waals surface area contributed by atoms with Crippen molar-refractivity contribution in [2.75, 3.05) is 13.2 Å². The van der Waals surface area contributed by atoms with Crippen LogP contribution in [0.4, 0.5) is 0 Å². The molecule has 0 bridgehead atoms. The van der Waals surface area contributed by atoms with E-state index in [0.29, 0.717) is 53.2 Å². The quantitative estimate of drug-likeness (QED) is 0.297. The lowest BCUT2D eigenvalue weighted by Crippen LogP contribution is -2.52. The molecule has 0 unspecified atom stereocenters. The summed E-state index contributed by atoms with van der Waals surface area (Å²) in [4.78, 5) is 29.2. The van der Waals surface area contributed by atoms with Gasteiger partial charge in [0.25, 0.3) is 0 Å². The lowest BCUT2D eigenvalue weighted by atomic mass is 10.0. The summed E-state index contributed by atoms with van der Waals surface area (Å²) in [7, 11) is 0. The van der Waals surface area contributed by atoms with Crippen LogP contribution in [0.5, 0.6) is 11.5 Å². The van der Waals surface area contributed by atoms with Gasteiger partial charge >= 0.3 is 0 Å². The van der Waals surface area contributed by atoms with Crippen LogP contribution in [0.15, 0.2) is 66.7 Å². The first-order valence-electron chi connectivity index (χ1n) is 13.3. The first-order valence-corrected chi connectivity index (χ1v) is 14.1. The van der Waals surface area contributed by atoms with Crippen molar-refractivity contribution in [3.63, 3.8) is 0 Å². The number of hydrogen-bond donors (Lipinski definition) is 1. The van der Waals surface area contributed by atoms with E-state index < -0.39 is 6.04 Å². The smallest absolute Gasteiger partial charge is 0.243 e. The van der Waals surface area contributed by atoms with Crippen molar-refractivity contribution in [1.29, 1.82) is 0 Å². The molecule has 3 aromatic carbocycles. The lowest BCUT2D eigenvalue weighted by molar-refractivity contribution is -0.141. The van der Waals surface area contributed by atoms with E-state index in [1.165, 1.54) is 0 Å². The summed E-state index contributed by atoms with van der Waals surface area (Å²) in [6.45, 7) is 5.09. The number of ether oxygens (including phenoxy) is 2. The van der Waals surface area contributed by atoms with Crippen LogP contribution in [0, 0.1) is 0 Å². The van der Waals surface area contributed by atoms with Crippen LogP contribution < -0.4 is 14.8 Å². The summed E-state index contributed by atoms with van der Waals surface area (Å²) < 4.78 is 11.3. The van der Waals surface area contributed by atoms with Gasteiger partial charge in [-0.25, -0.2) is 0 Å². The predicted octanol–water partition coefficient (Wildman–Crippen LogP) is 6.25. The Morgan fingerprint density at radius 3 is 2.31 bits per heavy atom. The Kier molecular flexibility index (Phi) is 10.1. The highest BCUT2D eigenvalue weighted by Gasteiger charge is 2.31. The van der Waals surface area contributed by atoms with Gasteiger partial charge in [0.2, 0.25) is 11.8 Å². The Bertz CT molecular complexity index is 1260. The Morgan fingerprint density at radius 1 is 0.923 bits per heavy atom. The van der Waals surface area contributed by atoms with Crippen molar-refractivity contribution < 1.29 is 19.1 Å². The van der Waals surface area contributed by atoms with Gasteiger partial charge in [-0.15, -0.1) is 0 Å². The predicted molar refractivity (Wildman–Crippen MR) is 155 cm³/mol. The zero-order valence-electron chi connectivity index (χ0n) is 22.3. The molecule has 0 aromatic heterocycles. The largest absolute Gasteiger partial charge is 0.486 e. The fraction of sp³-hybridized carbons (Fsp3) is 0.355. The lowest BCUT2D eigenvalue weighted by Gasteiger charge is -2.33. The molecule has 4 rings (SSSR count). The number of halogens is 2. The zero-order valence-corrected chi connectivity index (χ0v) is 23.8. The monoisotopic (exact) mass is 568 g/mol. The minimum Gasteiger partial charge on any atom is -0.486 e. The van der Waals surface area contributed by atoms with Crippen LogP contribution in [0.3, 0.4) is 0 Å².